The molecule has 0 aliphatic rings. The molecule has 0 fully saturated rings. The zero-order valence-electron chi connectivity index (χ0n) is 31.9. The van der Waals surface area contributed by atoms with Crippen LogP contribution in [0.4, 0.5) is 0 Å². The van der Waals surface area contributed by atoms with Crippen molar-refractivity contribution in [2.24, 2.45) is 0 Å². The van der Waals surface area contributed by atoms with Crippen LogP contribution in [0, 0.1) is 0 Å². The summed E-state index contributed by atoms with van der Waals surface area (Å²) in [5, 5.41) is 0.956. The second-order valence-corrected chi connectivity index (χ2v) is 8.39. The van der Waals surface area contributed by atoms with Crippen LogP contribution in [0.25, 0.3) is 65.7 Å². The van der Waals surface area contributed by atoms with Gasteiger partial charge in [-0.2, -0.15) is 0 Å². The average Bonchev–Trinajstić information content (AvgIpc) is 3.12. The highest BCUT2D eigenvalue weighted by Crippen LogP contribution is 2.44. The Hall–Kier alpha value is -4.68. The largest absolute Gasteiger partial charge is 0.0629 e. The number of fused-ring (bicyclic) bond motifs is 3. The lowest BCUT2D eigenvalue weighted by Crippen LogP contribution is -1.90. The molecular weight excluding hydrogens is 432 g/mol. The molecule has 0 N–H and O–H groups in total. The fraction of sp³-hybridized carbons (Fsp3) is 0. The van der Waals surface area contributed by atoms with Crippen molar-refractivity contribution in [2.75, 3.05) is 0 Å². The maximum atomic E-state index is 9.10. The summed E-state index contributed by atoms with van der Waals surface area (Å²) < 4.78 is 113. The van der Waals surface area contributed by atoms with Crippen LogP contribution in [-0.4, -0.2) is 0 Å². The molecule has 0 nitrogen and oxygen atoms in total. The Balaban J connectivity index is 1.73. The minimum Gasteiger partial charge on any atom is -0.0622 e. The molecule has 0 heteroatoms. The van der Waals surface area contributed by atoms with E-state index < -0.39 is 84.1 Å². The predicted octanol–water partition coefficient (Wildman–Crippen LogP) is 10.1. The second-order valence-electron chi connectivity index (χ2n) is 8.39. The van der Waals surface area contributed by atoms with E-state index in [1.54, 1.807) is 12.1 Å². The van der Waals surface area contributed by atoms with E-state index in [2.05, 4.69) is 0 Å². The molecule has 0 aliphatic heterocycles. The third-order valence-electron chi connectivity index (χ3n) is 6.36. The number of hydrogen-bond acceptors (Lipinski definition) is 0. The average molecular weight is 470 g/mol. The lowest BCUT2D eigenvalue weighted by Gasteiger charge is -2.18. The molecule has 0 aliphatic carbocycles. The van der Waals surface area contributed by atoms with Crippen molar-refractivity contribution in [3.05, 3.63) is 145 Å². The van der Waals surface area contributed by atoms with E-state index in [9.17, 15) is 0 Å². The van der Waals surface area contributed by atoms with Crippen LogP contribution in [0.15, 0.2) is 145 Å². The van der Waals surface area contributed by atoms with Gasteiger partial charge in [0.15, 0.2) is 0 Å². The van der Waals surface area contributed by atoms with Gasteiger partial charge in [-0.05, 0) is 77.8 Å². The Bertz CT molecular complexity index is 2470. The molecule has 0 spiro atoms. The van der Waals surface area contributed by atoms with E-state index in [0.717, 1.165) is 21.9 Å². The van der Waals surface area contributed by atoms with Crippen LogP contribution in [0.5, 0.6) is 0 Å². The Kier molecular flexibility index (Phi) is 2.69. The minimum absolute atomic E-state index is 0.106. The highest BCUT2D eigenvalue weighted by atomic mass is 14.2. The Labute approximate surface area is 229 Å². The zero-order chi connectivity index (χ0) is 35.2. The monoisotopic (exact) mass is 469 g/mol. The van der Waals surface area contributed by atoms with Gasteiger partial charge in [0.2, 0.25) is 0 Å². The van der Waals surface area contributed by atoms with Crippen molar-refractivity contribution < 1.29 is 17.8 Å². The van der Waals surface area contributed by atoms with Gasteiger partial charge in [0.05, 0.1) is 17.8 Å². The van der Waals surface area contributed by atoms with E-state index in [1.807, 2.05) is 54.6 Å². The zero-order valence-corrected chi connectivity index (χ0v) is 18.9. The summed E-state index contributed by atoms with van der Waals surface area (Å²) in [5.74, 6) is 0. The summed E-state index contributed by atoms with van der Waals surface area (Å²) in [4.78, 5) is 0. The molecule has 36 heavy (non-hydrogen) atoms. The van der Waals surface area contributed by atoms with Gasteiger partial charge in [-0.25, -0.2) is 0 Å². The first-order valence-corrected chi connectivity index (χ1v) is 11.4. The molecule has 0 amide bonds. The SMILES string of the molecule is [2H]c1c([2H])c([2H])c(-c2c3c([2H])c([2H])c([2H])c([2H])c3c(-c3ccc4cc(-c5ccccc5)ccc4c3)c3c([2H])c([2H])c([2H])c([2H])c23)c([2H])c1[2H]. The van der Waals surface area contributed by atoms with Crippen molar-refractivity contribution in [1.29, 1.82) is 0 Å². The van der Waals surface area contributed by atoms with E-state index in [4.69, 9.17) is 17.8 Å². The van der Waals surface area contributed by atoms with Crippen molar-refractivity contribution in [2.45, 2.75) is 0 Å². The lowest BCUT2D eigenvalue weighted by atomic mass is 9.85. The third kappa shape index (κ3) is 3.39. The molecule has 0 saturated carbocycles. The minimum atomic E-state index is -0.701. The van der Waals surface area contributed by atoms with Gasteiger partial charge in [0.1, 0.15) is 0 Å². The number of rotatable bonds is 3. The van der Waals surface area contributed by atoms with E-state index >= 15 is 0 Å². The molecular formula is C36H24. The first-order chi connectivity index (χ1) is 23.3. The molecule has 7 aromatic rings. The van der Waals surface area contributed by atoms with E-state index in [-0.39, 0.29) is 32.7 Å². The van der Waals surface area contributed by atoms with Crippen LogP contribution in [0.2, 0.25) is 0 Å². The predicted molar refractivity (Wildman–Crippen MR) is 155 cm³/mol. The summed E-state index contributed by atoms with van der Waals surface area (Å²) in [6.07, 6.45) is 0. The lowest BCUT2D eigenvalue weighted by molar-refractivity contribution is 1.64. The molecule has 0 heterocycles. The van der Waals surface area contributed by atoms with Gasteiger partial charge in [-0.3, -0.25) is 0 Å². The van der Waals surface area contributed by atoms with Crippen LogP contribution in [0.1, 0.15) is 17.8 Å². The quantitative estimate of drug-likeness (QED) is 0.226. The topological polar surface area (TPSA) is 0 Å². The summed E-state index contributed by atoms with van der Waals surface area (Å²) in [6, 6.07) is 12.9. The first kappa shape index (κ1) is 11.4. The fourth-order valence-corrected chi connectivity index (χ4v) is 4.75. The molecule has 0 saturated heterocycles. The summed E-state index contributed by atoms with van der Waals surface area (Å²) in [5.41, 5.74) is 1.77. The molecule has 0 aromatic heterocycles. The van der Waals surface area contributed by atoms with Gasteiger partial charge < -0.3 is 0 Å². The standard InChI is InChI=1S/C36H24/c1-3-11-25(12-4-1)27-19-20-29-24-30(22-21-28(29)23-27)36-33-17-9-7-15-31(33)35(26-13-5-2-6-14-26)32-16-8-10-18-34(32)36/h1-24H/i2D,5D,6D,7D,8D,9D,10D,13D,14D,15D,16D,17D,18D. The molecule has 7 rings (SSSR count). The summed E-state index contributed by atoms with van der Waals surface area (Å²) >= 11 is 0. The smallest absolute Gasteiger partial charge is 0.0622 e. The van der Waals surface area contributed by atoms with Crippen LogP contribution >= 0.6 is 0 Å². The molecule has 0 unspecified atom stereocenters. The first-order valence-electron chi connectivity index (χ1n) is 17.9. The fourth-order valence-electron chi connectivity index (χ4n) is 4.75. The van der Waals surface area contributed by atoms with Gasteiger partial charge >= 0.3 is 0 Å². The van der Waals surface area contributed by atoms with Crippen LogP contribution in [-0.2, 0) is 0 Å². The summed E-state index contributed by atoms with van der Waals surface area (Å²) in [7, 11) is 0. The highest BCUT2D eigenvalue weighted by Gasteiger charge is 2.16. The molecule has 168 valence electrons. The molecule has 0 radical (unpaired) electrons. The second kappa shape index (κ2) is 8.52. The van der Waals surface area contributed by atoms with Crippen molar-refractivity contribution in [1.82, 2.24) is 0 Å². The Morgan fingerprint density at radius 3 is 1.42 bits per heavy atom. The van der Waals surface area contributed by atoms with Crippen molar-refractivity contribution >= 4 is 32.3 Å². The Morgan fingerprint density at radius 1 is 0.361 bits per heavy atom. The van der Waals surface area contributed by atoms with Crippen LogP contribution < -0.4 is 0 Å². The van der Waals surface area contributed by atoms with E-state index in [1.165, 1.54) is 0 Å². The Morgan fingerprint density at radius 2 is 0.833 bits per heavy atom. The maximum absolute atomic E-state index is 9.10. The molecule has 0 bridgehead atoms. The number of hydrogen-bond donors (Lipinski definition) is 0. The maximum Gasteiger partial charge on any atom is 0.0629 e. The normalized spacial score (nSPS) is 16.4. The summed E-state index contributed by atoms with van der Waals surface area (Å²) in [6.45, 7) is 0. The molecule has 0 atom stereocenters. The van der Waals surface area contributed by atoms with Crippen LogP contribution in [0.3, 0.4) is 0 Å². The van der Waals surface area contributed by atoms with Gasteiger partial charge in [0, 0.05) is 0 Å². The van der Waals surface area contributed by atoms with Gasteiger partial charge in [0.25, 0.3) is 0 Å². The highest BCUT2D eigenvalue weighted by molar-refractivity contribution is 6.21. The van der Waals surface area contributed by atoms with Crippen molar-refractivity contribution in [3.63, 3.8) is 0 Å². The van der Waals surface area contributed by atoms with Gasteiger partial charge in [-0.15, -0.1) is 0 Å². The van der Waals surface area contributed by atoms with Gasteiger partial charge in [-0.1, -0.05) is 133 Å². The van der Waals surface area contributed by atoms with Crippen molar-refractivity contribution in [3.8, 4) is 33.4 Å². The number of benzene rings is 7. The third-order valence-corrected chi connectivity index (χ3v) is 6.36. The van der Waals surface area contributed by atoms with E-state index in [0.29, 0.717) is 5.56 Å². The molecule has 7 aromatic carbocycles.